The van der Waals surface area contributed by atoms with Gasteiger partial charge >= 0.3 is 0 Å². The van der Waals surface area contributed by atoms with Crippen LogP contribution >= 0.6 is 11.6 Å². The van der Waals surface area contributed by atoms with Gasteiger partial charge in [0.1, 0.15) is 0 Å². The van der Waals surface area contributed by atoms with Crippen molar-refractivity contribution in [2.75, 3.05) is 6.61 Å². The molecule has 0 radical (unpaired) electrons. The predicted octanol–water partition coefficient (Wildman–Crippen LogP) is 3.36. The van der Waals surface area contributed by atoms with Crippen molar-refractivity contribution in [2.24, 2.45) is 5.84 Å². The Morgan fingerprint density at radius 2 is 2.11 bits per heavy atom. The van der Waals surface area contributed by atoms with Crippen molar-refractivity contribution >= 4 is 11.6 Å². The lowest BCUT2D eigenvalue weighted by atomic mass is 9.87. The Morgan fingerprint density at radius 1 is 1.44 bits per heavy atom. The van der Waals surface area contributed by atoms with Gasteiger partial charge in [-0.2, -0.15) is 0 Å². The Labute approximate surface area is 115 Å². The number of hydrazine groups is 1. The summed E-state index contributed by atoms with van der Waals surface area (Å²) in [6.45, 7) is 8.79. The number of nitrogens with two attached hydrogens (primary N) is 1. The first-order valence-electron chi connectivity index (χ1n) is 6.34. The van der Waals surface area contributed by atoms with Crippen LogP contribution in [-0.2, 0) is 4.74 Å². The number of aryl methyl sites for hydroxylation is 1. The smallest absolute Gasteiger partial charge is 0.0858 e. The molecule has 0 aromatic heterocycles. The summed E-state index contributed by atoms with van der Waals surface area (Å²) >= 11 is 6.18. The van der Waals surface area contributed by atoms with Gasteiger partial charge in [0.05, 0.1) is 11.6 Å². The number of nitrogens with one attached hydrogen (secondary N) is 1. The van der Waals surface area contributed by atoms with Crippen molar-refractivity contribution in [1.82, 2.24) is 5.43 Å². The lowest BCUT2D eigenvalue weighted by Crippen LogP contribution is -2.46. The molecule has 0 aliphatic heterocycles. The standard InChI is InChI=1S/C14H23ClN2O/c1-5-14(4,18-6-2)13(17-16)11-8-7-10(3)12(15)9-11/h7-9,13,17H,5-6,16H2,1-4H3. The predicted molar refractivity (Wildman–Crippen MR) is 76.6 cm³/mol. The van der Waals surface area contributed by atoms with E-state index in [2.05, 4.69) is 19.3 Å². The maximum absolute atomic E-state index is 6.18. The van der Waals surface area contributed by atoms with Crippen LogP contribution in [0.4, 0.5) is 0 Å². The number of rotatable bonds is 6. The Kier molecular flexibility index (Phi) is 5.60. The van der Waals surface area contributed by atoms with Crippen LogP contribution in [0, 0.1) is 6.92 Å². The van der Waals surface area contributed by atoms with E-state index in [4.69, 9.17) is 22.2 Å². The molecule has 0 spiro atoms. The van der Waals surface area contributed by atoms with E-state index in [0.29, 0.717) is 6.61 Å². The molecule has 0 bridgehead atoms. The minimum atomic E-state index is -0.345. The Bertz CT molecular complexity index is 397. The zero-order chi connectivity index (χ0) is 13.8. The maximum atomic E-state index is 6.18. The highest BCUT2D eigenvalue weighted by molar-refractivity contribution is 6.31. The Morgan fingerprint density at radius 3 is 2.56 bits per heavy atom. The van der Waals surface area contributed by atoms with E-state index < -0.39 is 0 Å². The average molecular weight is 271 g/mol. The Balaban J connectivity index is 3.11. The average Bonchev–Trinajstić information content (AvgIpc) is 2.35. The van der Waals surface area contributed by atoms with Crippen molar-refractivity contribution in [2.45, 2.75) is 45.8 Å². The summed E-state index contributed by atoms with van der Waals surface area (Å²) in [6.07, 6.45) is 0.862. The van der Waals surface area contributed by atoms with E-state index >= 15 is 0 Å². The highest BCUT2D eigenvalue weighted by Crippen LogP contribution is 2.33. The lowest BCUT2D eigenvalue weighted by Gasteiger charge is -2.36. The zero-order valence-corrected chi connectivity index (χ0v) is 12.3. The van der Waals surface area contributed by atoms with E-state index in [9.17, 15) is 0 Å². The van der Waals surface area contributed by atoms with Crippen LogP contribution < -0.4 is 11.3 Å². The van der Waals surface area contributed by atoms with E-state index in [1.54, 1.807) is 0 Å². The summed E-state index contributed by atoms with van der Waals surface area (Å²) in [5.41, 5.74) is 4.62. The third kappa shape index (κ3) is 3.23. The topological polar surface area (TPSA) is 47.3 Å². The van der Waals surface area contributed by atoms with Gasteiger partial charge < -0.3 is 4.74 Å². The van der Waals surface area contributed by atoms with Crippen molar-refractivity contribution < 1.29 is 4.74 Å². The Hall–Kier alpha value is -0.610. The molecule has 2 atom stereocenters. The van der Waals surface area contributed by atoms with Crippen molar-refractivity contribution in [3.05, 3.63) is 34.3 Å². The van der Waals surface area contributed by atoms with Gasteiger partial charge in [-0.15, -0.1) is 0 Å². The monoisotopic (exact) mass is 270 g/mol. The second-order valence-electron chi connectivity index (χ2n) is 4.71. The van der Waals surface area contributed by atoms with Gasteiger partial charge in [0.2, 0.25) is 0 Å². The summed E-state index contributed by atoms with van der Waals surface area (Å²) in [5.74, 6) is 5.71. The number of halogens is 1. The molecule has 2 unspecified atom stereocenters. The summed E-state index contributed by atoms with van der Waals surface area (Å²) in [7, 11) is 0. The molecule has 0 aliphatic carbocycles. The first kappa shape index (κ1) is 15.4. The van der Waals surface area contributed by atoms with Gasteiger partial charge in [0.25, 0.3) is 0 Å². The number of ether oxygens (including phenoxy) is 1. The van der Waals surface area contributed by atoms with E-state index in [-0.39, 0.29) is 11.6 Å². The zero-order valence-electron chi connectivity index (χ0n) is 11.6. The molecule has 0 amide bonds. The molecule has 4 heteroatoms. The van der Waals surface area contributed by atoms with Crippen LogP contribution in [0.2, 0.25) is 5.02 Å². The normalized spacial score (nSPS) is 16.3. The van der Waals surface area contributed by atoms with Gasteiger partial charge in [0.15, 0.2) is 0 Å². The van der Waals surface area contributed by atoms with E-state index in [0.717, 1.165) is 22.6 Å². The second-order valence-corrected chi connectivity index (χ2v) is 5.11. The van der Waals surface area contributed by atoms with Crippen LogP contribution in [0.3, 0.4) is 0 Å². The van der Waals surface area contributed by atoms with Crippen LogP contribution in [-0.4, -0.2) is 12.2 Å². The third-order valence-electron chi connectivity index (χ3n) is 3.48. The molecule has 0 aliphatic rings. The number of benzene rings is 1. The van der Waals surface area contributed by atoms with Gasteiger partial charge in [-0.3, -0.25) is 11.3 Å². The molecule has 18 heavy (non-hydrogen) atoms. The molecule has 3 nitrogen and oxygen atoms in total. The molecule has 1 rings (SSSR count). The van der Waals surface area contributed by atoms with Crippen LogP contribution in [0.15, 0.2) is 18.2 Å². The number of hydrogen-bond acceptors (Lipinski definition) is 3. The SMILES string of the molecule is CCOC(C)(CC)C(NN)c1ccc(C)c(Cl)c1. The highest BCUT2D eigenvalue weighted by Gasteiger charge is 2.34. The number of hydrogen-bond donors (Lipinski definition) is 2. The quantitative estimate of drug-likeness (QED) is 0.616. The molecule has 0 fully saturated rings. The maximum Gasteiger partial charge on any atom is 0.0858 e. The van der Waals surface area contributed by atoms with Crippen LogP contribution in [0.5, 0.6) is 0 Å². The van der Waals surface area contributed by atoms with Crippen molar-refractivity contribution in [3.8, 4) is 0 Å². The van der Waals surface area contributed by atoms with E-state index in [1.165, 1.54) is 0 Å². The first-order valence-corrected chi connectivity index (χ1v) is 6.72. The molecule has 1 aromatic carbocycles. The fraction of sp³-hybridized carbons (Fsp3) is 0.571. The van der Waals surface area contributed by atoms with Gasteiger partial charge in [-0.05, 0) is 44.4 Å². The summed E-state index contributed by atoms with van der Waals surface area (Å²) < 4.78 is 5.87. The summed E-state index contributed by atoms with van der Waals surface area (Å²) in [5, 5.41) is 0.753. The lowest BCUT2D eigenvalue weighted by molar-refractivity contribution is -0.0564. The largest absolute Gasteiger partial charge is 0.374 e. The summed E-state index contributed by atoms with van der Waals surface area (Å²) in [4.78, 5) is 0. The third-order valence-corrected chi connectivity index (χ3v) is 3.89. The molecule has 102 valence electrons. The van der Waals surface area contributed by atoms with Crippen LogP contribution in [0.25, 0.3) is 0 Å². The molecular weight excluding hydrogens is 248 g/mol. The minimum absolute atomic E-state index is 0.0828. The molecular formula is C14H23ClN2O. The highest BCUT2D eigenvalue weighted by atomic mass is 35.5. The molecule has 0 heterocycles. The van der Waals surface area contributed by atoms with E-state index in [1.807, 2.05) is 32.0 Å². The minimum Gasteiger partial charge on any atom is -0.374 e. The van der Waals surface area contributed by atoms with Crippen LogP contribution in [0.1, 0.15) is 44.4 Å². The second kappa shape index (κ2) is 6.53. The van der Waals surface area contributed by atoms with Crippen molar-refractivity contribution in [3.63, 3.8) is 0 Å². The van der Waals surface area contributed by atoms with Crippen molar-refractivity contribution in [1.29, 1.82) is 0 Å². The molecule has 1 aromatic rings. The van der Waals surface area contributed by atoms with Gasteiger partial charge in [0, 0.05) is 11.6 Å². The van der Waals surface area contributed by atoms with Gasteiger partial charge in [-0.1, -0.05) is 30.7 Å². The molecule has 0 saturated carbocycles. The fourth-order valence-electron chi connectivity index (χ4n) is 2.13. The fourth-order valence-corrected chi connectivity index (χ4v) is 2.32. The molecule has 3 N–H and O–H groups in total. The summed E-state index contributed by atoms with van der Waals surface area (Å²) in [6, 6.07) is 5.91. The molecule has 0 saturated heterocycles. The first-order chi connectivity index (χ1) is 8.48. The van der Waals surface area contributed by atoms with Gasteiger partial charge in [-0.25, -0.2) is 0 Å².